The molecule has 0 aliphatic heterocycles. The van der Waals surface area contributed by atoms with Gasteiger partial charge >= 0.3 is 5.97 Å². The Hall–Kier alpha value is -1.40. The quantitative estimate of drug-likeness (QED) is 0.0322. The van der Waals surface area contributed by atoms with Crippen molar-refractivity contribution in [1.29, 1.82) is 0 Å². The van der Waals surface area contributed by atoms with Gasteiger partial charge in [0.2, 0.25) is 5.91 Å². The van der Waals surface area contributed by atoms with Crippen LogP contribution in [0.1, 0.15) is 290 Å². The van der Waals surface area contributed by atoms with Crippen LogP contribution in [0.25, 0.3) is 0 Å². The molecule has 0 spiro atoms. The third-order valence-corrected chi connectivity index (χ3v) is 12.3. The van der Waals surface area contributed by atoms with Gasteiger partial charge < -0.3 is 20.3 Å². The Balaban J connectivity index is 3.47. The zero-order valence-electron chi connectivity index (χ0n) is 39.7. The fourth-order valence-corrected chi connectivity index (χ4v) is 8.22. The highest BCUT2D eigenvalue weighted by molar-refractivity contribution is 5.76. The van der Waals surface area contributed by atoms with Crippen LogP contribution in [0.2, 0.25) is 0 Å². The number of nitrogens with one attached hydrogen (secondary N) is 1. The summed E-state index contributed by atoms with van der Waals surface area (Å²) in [5, 5.41) is 23.2. The van der Waals surface area contributed by atoms with Crippen molar-refractivity contribution in [2.24, 2.45) is 0 Å². The summed E-state index contributed by atoms with van der Waals surface area (Å²) in [4.78, 5) is 24.5. The number of ether oxygens (including phenoxy) is 1. The first-order valence-corrected chi connectivity index (χ1v) is 26.4. The van der Waals surface area contributed by atoms with Crippen molar-refractivity contribution in [2.45, 2.75) is 302 Å². The summed E-state index contributed by atoms with van der Waals surface area (Å²) in [6.45, 7) is 4.90. The molecule has 2 unspecified atom stereocenters. The predicted octanol–water partition coefficient (Wildman–Crippen LogP) is 15.7. The van der Waals surface area contributed by atoms with Crippen LogP contribution < -0.4 is 5.32 Å². The Morgan fingerprint density at radius 2 is 0.797 bits per heavy atom. The Morgan fingerprint density at radius 3 is 1.20 bits per heavy atom. The number of carbonyl (C=O) groups is 2. The van der Waals surface area contributed by atoms with E-state index in [1.807, 2.05) is 0 Å². The number of hydrogen-bond donors (Lipinski definition) is 3. The third kappa shape index (κ3) is 45.9. The number of rotatable bonds is 49. The van der Waals surface area contributed by atoms with E-state index in [0.29, 0.717) is 25.9 Å². The van der Waals surface area contributed by atoms with Crippen LogP contribution in [-0.2, 0) is 14.3 Å². The van der Waals surface area contributed by atoms with Gasteiger partial charge in [0.1, 0.15) is 0 Å². The molecule has 0 aromatic heterocycles. The highest BCUT2D eigenvalue weighted by Crippen LogP contribution is 2.17. The van der Waals surface area contributed by atoms with E-state index in [9.17, 15) is 19.8 Å². The van der Waals surface area contributed by atoms with E-state index in [1.54, 1.807) is 0 Å². The van der Waals surface area contributed by atoms with Gasteiger partial charge in [0.05, 0.1) is 25.4 Å². The summed E-state index contributed by atoms with van der Waals surface area (Å²) in [6, 6.07) is -0.561. The molecule has 6 nitrogen and oxygen atoms in total. The number of allylic oxidation sites excluding steroid dienone is 2. The average Bonchev–Trinajstić information content (AvgIpc) is 3.24. The lowest BCUT2D eigenvalue weighted by atomic mass is 10.0. The Bertz CT molecular complexity index is 878. The normalized spacial score (nSPS) is 12.7. The first kappa shape index (κ1) is 57.6. The lowest BCUT2D eigenvalue weighted by molar-refractivity contribution is -0.143. The fraction of sp³-hybridized carbons (Fsp3) is 0.925. The molecular weight excluding hydrogens is 731 g/mol. The Labute approximate surface area is 368 Å². The minimum Gasteiger partial charge on any atom is -0.466 e. The molecule has 6 heteroatoms. The molecule has 0 radical (unpaired) electrons. The minimum absolute atomic E-state index is 0.0277. The summed E-state index contributed by atoms with van der Waals surface area (Å²) in [5.41, 5.74) is 0. The van der Waals surface area contributed by atoms with Gasteiger partial charge in [0.15, 0.2) is 0 Å². The molecule has 0 rings (SSSR count). The van der Waals surface area contributed by atoms with Gasteiger partial charge in [-0.25, -0.2) is 0 Å². The van der Waals surface area contributed by atoms with Crippen LogP contribution in [0.15, 0.2) is 12.2 Å². The number of amides is 1. The molecule has 0 aliphatic rings. The molecule has 0 fully saturated rings. The largest absolute Gasteiger partial charge is 0.466 e. The van der Waals surface area contributed by atoms with Gasteiger partial charge in [-0.05, 0) is 51.4 Å². The zero-order valence-corrected chi connectivity index (χ0v) is 39.7. The van der Waals surface area contributed by atoms with Crippen LogP contribution >= 0.6 is 0 Å². The van der Waals surface area contributed by atoms with Crippen molar-refractivity contribution in [2.75, 3.05) is 13.2 Å². The second-order valence-corrected chi connectivity index (χ2v) is 18.2. The smallest absolute Gasteiger partial charge is 0.305 e. The number of hydrogen-bond acceptors (Lipinski definition) is 5. The fourth-order valence-electron chi connectivity index (χ4n) is 8.22. The molecule has 3 N–H and O–H groups in total. The monoisotopic (exact) mass is 834 g/mol. The van der Waals surface area contributed by atoms with E-state index in [1.165, 1.54) is 199 Å². The molecule has 0 heterocycles. The average molecular weight is 834 g/mol. The minimum atomic E-state index is -0.681. The molecule has 59 heavy (non-hydrogen) atoms. The maximum atomic E-state index is 12.5. The van der Waals surface area contributed by atoms with Crippen LogP contribution in [0.3, 0.4) is 0 Å². The highest BCUT2D eigenvalue weighted by atomic mass is 16.5. The number of aliphatic hydroxyl groups excluding tert-OH is 2. The topological polar surface area (TPSA) is 95.9 Å². The lowest BCUT2D eigenvalue weighted by Crippen LogP contribution is -2.45. The van der Waals surface area contributed by atoms with Gasteiger partial charge in [-0.1, -0.05) is 238 Å². The van der Waals surface area contributed by atoms with Crippen LogP contribution in [-0.4, -0.2) is 47.4 Å². The van der Waals surface area contributed by atoms with Crippen LogP contribution in [0.5, 0.6) is 0 Å². The molecule has 0 aliphatic carbocycles. The summed E-state index contributed by atoms with van der Waals surface area (Å²) >= 11 is 0. The van der Waals surface area contributed by atoms with Gasteiger partial charge in [0, 0.05) is 12.8 Å². The molecular formula is C53H103NO5. The SMILES string of the molecule is CCCCCCCC/C=C\CCCCCCCCCC(=O)OCCCCCCCCCCCC(=O)NC(CO)C(O)CCCCCCCCCCCCCCCCCC. The second kappa shape index (κ2) is 49.3. The number of aliphatic hydroxyl groups is 2. The van der Waals surface area contributed by atoms with Crippen molar-refractivity contribution in [3.8, 4) is 0 Å². The number of esters is 1. The van der Waals surface area contributed by atoms with E-state index in [2.05, 4.69) is 31.3 Å². The van der Waals surface area contributed by atoms with Crippen molar-refractivity contribution in [1.82, 2.24) is 5.32 Å². The maximum Gasteiger partial charge on any atom is 0.305 e. The molecule has 0 saturated heterocycles. The highest BCUT2D eigenvalue weighted by Gasteiger charge is 2.20. The first-order chi connectivity index (χ1) is 29.0. The molecule has 0 aromatic rings. The second-order valence-electron chi connectivity index (χ2n) is 18.2. The first-order valence-electron chi connectivity index (χ1n) is 26.4. The molecule has 0 aromatic carbocycles. The third-order valence-electron chi connectivity index (χ3n) is 12.3. The maximum absolute atomic E-state index is 12.5. The molecule has 2 atom stereocenters. The summed E-state index contributed by atoms with van der Waals surface area (Å²) < 4.78 is 5.46. The van der Waals surface area contributed by atoms with Crippen molar-refractivity contribution < 1.29 is 24.5 Å². The van der Waals surface area contributed by atoms with Crippen molar-refractivity contribution >= 4 is 11.9 Å². The lowest BCUT2D eigenvalue weighted by Gasteiger charge is -2.22. The molecule has 1 amide bonds. The van der Waals surface area contributed by atoms with Gasteiger partial charge in [-0.2, -0.15) is 0 Å². The van der Waals surface area contributed by atoms with E-state index >= 15 is 0 Å². The predicted molar refractivity (Wildman–Crippen MR) is 255 cm³/mol. The van der Waals surface area contributed by atoms with Crippen molar-refractivity contribution in [3.63, 3.8) is 0 Å². The summed E-state index contributed by atoms with van der Waals surface area (Å²) in [6.07, 6.45) is 56.1. The molecule has 0 bridgehead atoms. The zero-order chi connectivity index (χ0) is 43.0. The van der Waals surface area contributed by atoms with Crippen LogP contribution in [0, 0.1) is 0 Å². The van der Waals surface area contributed by atoms with Gasteiger partial charge in [-0.3, -0.25) is 9.59 Å². The van der Waals surface area contributed by atoms with E-state index in [4.69, 9.17) is 4.74 Å². The summed E-state index contributed by atoms with van der Waals surface area (Å²) in [5.74, 6) is -0.0887. The number of carbonyl (C=O) groups excluding carboxylic acids is 2. The van der Waals surface area contributed by atoms with Crippen molar-refractivity contribution in [3.05, 3.63) is 12.2 Å². The molecule has 350 valence electrons. The van der Waals surface area contributed by atoms with Crippen LogP contribution in [0.4, 0.5) is 0 Å². The Kier molecular flexibility index (Phi) is 48.1. The molecule has 0 saturated carbocycles. The van der Waals surface area contributed by atoms with Gasteiger partial charge in [0.25, 0.3) is 0 Å². The van der Waals surface area contributed by atoms with E-state index in [-0.39, 0.29) is 18.5 Å². The Morgan fingerprint density at radius 1 is 0.458 bits per heavy atom. The summed E-state index contributed by atoms with van der Waals surface area (Å²) in [7, 11) is 0. The number of unbranched alkanes of at least 4 members (excludes halogenated alkanes) is 36. The van der Waals surface area contributed by atoms with E-state index in [0.717, 1.165) is 57.8 Å². The van der Waals surface area contributed by atoms with E-state index < -0.39 is 12.1 Å². The standard InChI is InChI=1S/C53H103NO5/c1-3-5-7-9-11-13-15-17-19-21-23-25-27-31-35-39-43-47-53(58)59-48-44-40-36-32-28-30-34-38-42-46-52(57)54-50(49-55)51(56)45-41-37-33-29-26-24-22-20-18-16-14-12-10-8-6-4-2/h17,19,50-51,55-56H,3-16,18,20-49H2,1-2H3,(H,54,57)/b19-17-. The van der Waals surface area contributed by atoms with Gasteiger partial charge in [-0.15, -0.1) is 0 Å².